The van der Waals surface area contributed by atoms with Gasteiger partial charge in [0.2, 0.25) is 0 Å². The van der Waals surface area contributed by atoms with E-state index in [2.05, 4.69) is 15.2 Å². The summed E-state index contributed by atoms with van der Waals surface area (Å²) in [5.41, 5.74) is 1.63. The zero-order valence-corrected chi connectivity index (χ0v) is 17.3. The molecule has 7 nitrogen and oxygen atoms in total. The predicted molar refractivity (Wildman–Crippen MR) is 111 cm³/mol. The molecule has 160 valence electrons. The van der Waals surface area contributed by atoms with Gasteiger partial charge in [0, 0.05) is 19.3 Å². The zero-order valence-electron chi connectivity index (χ0n) is 17.3. The molecule has 0 spiro atoms. The number of aryl methyl sites for hydroxylation is 1. The fourth-order valence-electron chi connectivity index (χ4n) is 4.89. The number of nitrogens with zero attached hydrogens (tertiary/aromatic N) is 2. The van der Waals surface area contributed by atoms with E-state index in [1.54, 1.807) is 6.20 Å². The van der Waals surface area contributed by atoms with E-state index in [1.807, 2.05) is 19.1 Å². The smallest absolute Gasteiger partial charge is 0.290 e. The van der Waals surface area contributed by atoms with Gasteiger partial charge < -0.3 is 20.1 Å². The molecule has 0 radical (unpaired) electrons. The third-order valence-corrected chi connectivity index (χ3v) is 6.43. The summed E-state index contributed by atoms with van der Waals surface area (Å²) in [6, 6.07) is 3.75. The molecule has 3 fully saturated rings. The number of pyridine rings is 1. The van der Waals surface area contributed by atoms with E-state index in [0.717, 1.165) is 43.2 Å². The van der Waals surface area contributed by atoms with Gasteiger partial charge in [0.25, 0.3) is 12.4 Å². The van der Waals surface area contributed by atoms with Crippen LogP contribution in [0.25, 0.3) is 0 Å². The van der Waals surface area contributed by atoms with Crippen LogP contribution >= 0.6 is 0 Å². The van der Waals surface area contributed by atoms with Gasteiger partial charge in [-0.2, -0.15) is 0 Å². The van der Waals surface area contributed by atoms with Crippen molar-refractivity contribution < 1.29 is 19.4 Å². The summed E-state index contributed by atoms with van der Waals surface area (Å²) in [4.78, 5) is 27.8. The molecule has 2 saturated heterocycles. The van der Waals surface area contributed by atoms with Crippen molar-refractivity contribution in [1.29, 1.82) is 0 Å². The van der Waals surface area contributed by atoms with Crippen LogP contribution in [0.15, 0.2) is 18.3 Å². The van der Waals surface area contributed by atoms with Crippen LogP contribution in [0, 0.1) is 18.8 Å². The number of fused-ring (bicyclic) bond motifs is 1. The van der Waals surface area contributed by atoms with E-state index < -0.39 is 0 Å². The summed E-state index contributed by atoms with van der Waals surface area (Å²) in [7, 11) is 0. The number of carbonyl (C=O) groups is 2. The second-order valence-electron chi connectivity index (χ2n) is 8.44. The van der Waals surface area contributed by atoms with Crippen LogP contribution < -0.4 is 5.32 Å². The molecule has 1 aromatic rings. The van der Waals surface area contributed by atoms with Crippen LogP contribution in [-0.4, -0.2) is 59.2 Å². The molecule has 0 unspecified atom stereocenters. The van der Waals surface area contributed by atoms with Gasteiger partial charge in [-0.25, -0.2) is 0 Å². The second kappa shape index (κ2) is 10.7. The number of aromatic nitrogens is 1. The summed E-state index contributed by atoms with van der Waals surface area (Å²) in [6.07, 6.45) is 10.7. The van der Waals surface area contributed by atoms with Gasteiger partial charge in [0.15, 0.2) is 0 Å². The number of likely N-dealkylation sites (tertiary alicyclic amines) is 1. The molecule has 1 aromatic heterocycles. The Morgan fingerprint density at radius 1 is 1.34 bits per heavy atom. The van der Waals surface area contributed by atoms with E-state index in [9.17, 15) is 4.79 Å². The van der Waals surface area contributed by atoms with Gasteiger partial charge >= 0.3 is 0 Å². The van der Waals surface area contributed by atoms with Gasteiger partial charge in [0.05, 0.1) is 17.5 Å². The first-order chi connectivity index (χ1) is 14.1. The fourth-order valence-corrected chi connectivity index (χ4v) is 4.89. The Kier molecular flexibility index (Phi) is 8.00. The van der Waals surface area contributed by atoms with Gasteiger partial charge in [0.1, 0.15) is 6.10 Å². The molecular formula is C22H33N3O4. The highest BCUT2D eigenvalue weighted by atomic mass is 16.5. The Morgan fingerprint density at radius 3 is 2.83 bits per heavy atom. The number of rotatable bonds is 4. The third kappa shape index (κ3) is 6.00. The highest BCUT2D eigenvalue weighted by Crippen LogP contribution is 2.35. The van der Waals surface area contributed by atoms with Gasteiger partial charge in [-0.3, -0.25) is 14.6 Å². The van der Waals surface area contributed by atoms with Crippen molar-refractivity contribution in [3.8, 4) is 0 Å². The molecule has 29 heavy (non-hydrogen) atoms. The van der Waals surface area contributed by atoms with Crippen LogP contribution in [0.2, 0.25) is 0 Å². The lowest BCUT2D eigenvalue weighted by molar-refractivity contribution is -0.127. The largest absolute Gasteiger partial charge is 0.483 e. The first kappa shape index (κ1) is 21.7. The lowest BCUT2D eigenvalue weighted by Gasteiger charge is -2.37. The van der Waals surface area contributed by atoms with Crippen LogP contribution in [0.1, 0.15) is 50.6 Å². The van der Waals surface area contributed by atoms with Crippen molar-refractivity contribution in [3.63, 3.8) is 0 Å². The molecule has 2 N–H and O–H groups in total. The summed E-state index contributed by atoms with van der Waals surface area (Å²) in [5.74, 6) is 1.38. The number of hydrogen-bond acceptors (Lipinski definition) is 5. The van der Waals surface area contributed by atoms with Crippen LogP contribution in [0.3, 0.4) is 0 Å². The third-order valence-electron chi connectivity index (χ3n) is 6.43. The summed E-state index contributed by atoms with van der Waals surface area (Å²) in [6.45, 7) is 5.04. The monoisotopic (exact) mass is 403 g/mol. The number of amides is 1. The van der Waals surface area contributed by atoms with Crippen LogP contribution in [-0.2, 0) is 14.3 Å². The molecule has 0 bridgehead atoms. The maximum atomic E-state index is 12.6. The van der Waals surface area contributed by atoms with Crippen molar-refractivity contribution in [2.24, 2.45) is 11.8 Å². The number of ether oxygens (including phenoxy) is 1. The fraction of sp³-hybridized carbons (Fsp3) is 0.682. The maximum absolute atomic E-state index is 12.6. The van der Waals surface area contributed by atoms with E-state index >= 15 is 0 Å². The minimum Gasteiger partial charge on any atom is -0.483 e. The molecular weight excluding hydrogens is 370 g/mol. The standard InChI is InChI=1S/C21H31N3O2.CH2O2/c1-15-18(8-5-10-22-15)23-21(25)19-12-17-9-11-24(14-20(17)26-19)13-16-6-3-2-4-7-16;2-1-3/h5,8,10,16-17,19-20H,2-4,6-7,9,11-14H2,1H3,(H,23,25);1H,(H,2,3)/t17-,19+,20+;/m0./s1. The van der Waals surface area contributed by atoms with Crippen LogP contribution in [0.4, 0.5) is 5.69 Å². The Hall–Kier alpha value is -1.99. The number of piperidine rings is 1. The molecule has 2 aliphatic heterocycles. The Balaban J connectivity index is 0.000000755. The van der Waals surface area contributed by atoms with E-state index in [-0.39, 0.29) is 24.6 Å². The number of carbonyl (C=O) groups excluding carboxylic acids is 1. The molecule has 3 heterocycles. The molecule has 3 atom stereocenters. The minimum absolute atomic E-state index is 0.0191. The average molecular weight is 404 g/mol. The lowest BCUT2D eigenvalue weighted by atomic mass is 9.87. The first-order valence-electron chi connectivity index (χ1n) is 10.8. The quantitative estimate of drug-likeness (QED) is 0.751. The van der Waals surface area contributed by atoms with Gasteiger partial charge in [-0.15, -0.1) is 0 Å². The van der Waals surface area contributed by atoms with Gasteiger partial charge in [-0.1, -0.05) is 19.3 Å². The van der Waals surface area contributed by atoms with Crippen molar-refractivity contribution in [1.82, 2.24) is 9.88 Å². The second-order valence-corrected chi connectivity index (χ2v) is 8.44. The highest BCUT2D eigenvalue weighted by molar-refractivity contribution is 5.94. The highest BCUT2D eigenvalue weighted by Gasteiger charge is 2.42. The SMILES string of the molecule is Cc1ncccc1NC(=O)[C@H]1C[C@@H]2CCN(CC3CCCCC3)C[C@H]2O1.O=CO. The first-order valence-corrected chi connectivity index (χ1v) is 10.8. The van der Waals surface area contributed by atoms with Crippen molar-refractivity contribution in [3.05, 3.63) is 24.0 Å². The molecule has 1 amide bonds. The maximum Gasteiger partial charge on any atom is 0.290 e. The molecule has 0 aromatic carbocycles. The number of hydrogen-bond donors (Lipinski definition) is 2. The zero-order chi connectivity index (χ0) is 20.6. The Bertz CT molecular complexity index is 678. The summed E-state index contributed by atoms with van der Waals surface area (Å²) in [5, 5.41) is 9.89. The van der Waals surface area contributed by atoms with E-state index in [1.165, 1.54) is 38.6 Å². The average Bonchev–Trinajstić information content (AvgIpc) is 3.15. The van der Waals surface area contributed by atoms with E-state index in [4.69, 9.17) is 14.6 Å². The molecule has 4 rings (SSSR count). The lowest BCUT2D eigenvalue weighted by Crippen LogP contribution is -2.44. The summed E-state index contributed by atoms with van der Waals surface area (Å²) < 4.78 is 6.18. The minimum atomic E-state index is -0.320. The Morgan fingerprint density at radius 2 is 2.10 bits per heavy atom. The molecule has 7 heteroatoms. The normalized spacial score (nSPS) is 27.4. The van der Waals surface area contributed by atoms with Gasteiger partial charge in [-0.05, 0) is 63.1 Å². The van der Waals surface area contributed by atoms with Crippen molar-refractivity contribution >= 4 is 18.1 Å². The predicted octanol–water partition coefficient (Wildman–Crippen LogP) is 3.09. The molecule has 1 aliphatic carbocycles. The molecule has 1 saturated carbocycles. The Labute approximate surface area is 172 Å². The van der Waals surface area contributed by atoms with Crippen LogP contribution in [0.5, 0.6) is 0 Å². The number of anilines is 1. The topological polar surface area (TPSA) is 91.8 Å². The molecule has 3 aliphatic rings. The number of carboxylic acid groups (broad SMARTS) is 1. The van der Waals surface area contributed by atoms with Crippen molar-refractivity contribution in [2.75, 3.05) is 25.0 Å². The number of nitrogens with one attached hydrogen (secondary N) is 1. The summed E-state index contributed by atoms with van der Waals surface area (Å²) >= 11 is 0. The van der Waals surface area contributed by atoms with Crippen molar-refractivity contribution in [2.45, 2.75) is 64.1 Å². The van der Waals surface area contributed by atoms with E-state index in [0.29, 0.717) is 5.92 Å².